The van der Waals surface area contributed by atoms with E-state index in [2.05, 4.69) is 10.3 Å². The molecule has 0 fully saturated rings. The Bertz CT molecular complexity index is 273. The third-order valence-electron chi connectivity index (χ3n) is 1.65. The number of nitrogens with one attached hydrogen (secondary N) is 1. The number of ether oxygens (including phenoxy) is 2. The van der Waals surface area contributed by atoms with Gasteiger partial charge in [-0.3, -0.25) is 0 Å². The maximum Gasteiger partial charge on any atom is 0.393 e. The van der Waals surface area contributed by atoms with Gasteiger partial charge >= 0.3 is 6.08 Å². The van der Waals surface area contributed by atoms with Gasteiger partial charge < -0.3 is 19.2 Å². The minimum absolute atomic E-state index is 0.220. The van der Waals surface area contributed by atoms with Crippen molar-refractivity contribution < 1.29 is 13.9 Å². The summed E-state index contributed by atoms with van der Waals surface area (Å²) in [5.41, 5.74) is 0.831. The maximum absolute atomic E-state index is 5.31. The lowest BCUT2D eigenvalue weighted by Gasteiger charge is -2.06. The highest BCUT2D eigenvalue weighted by atomic mass is 16.6. The number of hydrogen-bond donors (Lipinski definition) is 1. The van der Waals surface area contributed by atoms with Crippen molar-refractivity contribution in [1.82, 2.24) is 10.3 Å². The predicted octanol–water partition coefficient (Wildman–Crippen LogP) is 1.20. The minimum Gasteiger partial charge on any atom is -0.448 e. The summed E-state index contributed by atoms with van der Waals surface area (Å²) >= 11 is 0. The lowest BCUT2D eigenvalue weighted by Crippen LogP contribution is -2.11. The average Bonchev–Trinajstić information content (AvgIpc) is 2.61. The molecule has 0 aliphatic heterocycles. The Morgan fingerprint density at radius 3 is 2.93 bits per heavy atom. The van der Waals surface area contributed by atoms with Crippen molar-refractivity contribution in [2.24, 2.45) is 0 Å². The first-order valence-corrected chi connectivity index (χ1v) is 5.05. The van der Waals surface area contributed by atoms with Gasteiger partial charge in [0.2, 0.25) is 0 Å². The highest BCUT2D eigenvalue weighted by Gasteiger charge is 2.03. The molecule has 0 atom stereocenters. The number of nitrogens with zero attached hydrogens (tertiary/aromatic N) is 1. The van der Waals surface area contributed by atoms with Gasteiger partial charge in [-0.1, -0.05) is 0 Å². The van der Waals surface area contributed by atoms with E-state index in [4.69, 9.17) is 13.9 Å². The van der Waals surface area contributed by atoms with Gasteiger partial charge in [-0.05, 0) is 20.9 Å². The van der Waals surface area contributed by atoms with Crippen LogP contribution in [0.15, 0.2) is 10.7 Å². The molecule has 15 heavy (non-hydrogen) atoms. The molecule has 0 radical (unpaired) electrons. The fourth-order valence-electron chi connectivity index (χ4n) is 1.03. The van der Waals surface area contributed by atoms with Gasteiger partial charge in [0.15, 0.2) is 0 Å². The quantitative estimate of drug-likeness (QED) is 0.691. The first-order valence-electron chi connectivity index (χ1n) is 5.05. The second-order valence-corrected chi connectivity index (χ2v) is 3.40. The second-order valence-electron chi connectivity index (χ2n) is 3.40. The predicted molar refractivity (Wildman–Crippen MR) is 55.8 cm³/mol. The molecular formula is C10H18N2O3. The molecule has 0 saturated heterocycles. The molecule has 0 amide bonds. The fraction of sp³-hybridized carbons (Fsp3) is 0.700. The molecule has 0 aliphatic rings. The third kappa shape index (κ3) is 4.80. The van der Waals surface area contributed by atoms with Crippen LogP contribution in [0.25, 0.3) is 0 Å². The van der Waals surface area contributed by atoms with Crippen LogP contribution in [-0.2, 0) is 11.3 Å². The van der Waals surface area contributed by atoms with Crippen LogP contribution < -0.4 is 10.1 Å². The largest absolute Gasteiger partial charge is 0.448 e. The number of aromatic nitrogens is 1. The molecule has 1 aromatic heterocycles. The van der Waals surface area contributed by atoms with E-state index < -0.39 is 0 Å². The number of rotatable bonds is 7. The molecule has 1 aromatic rings. The summed E-state index contributed by atoms with van der Waals surface area (Å²) in [6, 6.07) is 0. The van der Waals surface area contributed by atoms with Gasteiger partial charge in [0.1, 0.15) is 12.9 Å². The van der Waals surface area contributed by atoms with Crippen LogP contribution in [0, 0.1) is 0 Å². The van der Waals surface area contributed by atoms with Crippen molar-refractivity contribution in [1.29, 1.82) is 0 Å². The van der Waals surface area contributed by atoms with E-state index in [9.17, 15) is 0 Å². The standard InChI is InChI=1S/C10H18N2O3/c1-8(2)13-4-5-14-10-12-9(6-11-3)7-15-10/h7-8,11H,4-6H2,1-3H3. The van der Waals surface area contributed by atoms with Crippen LogP contribution >= 0.6 is 0 Å². The highest BCUT2D eigenvalue weighted by Crippen LogP contribution is 2.09. The zero-order chi connectivity index (χ0) is 11.1. The zero-order valence-electron chi connectivity index (χ0n) is 9.45. The van der Waals surface area contributed by atoms with Crippen LogP contribution in [-0.4, -0.2) is 31.3 Å². The van der Waals surface area contributed by atoms with E-state index in [1.165, 1.54) is 0 Å². The molecular weight excluding hydrogens is 196 g/mol. The molecule has 1 rings (SSSR count). The molecule has 1 N–H and O–H groups in total. The van der Waals surface area contributed by atoms with Crippen molar-refractivity contribution in [2.45, 2.75) is 26.5 Å². The zero-order valence-corrected chi connectivity index (χ0v) is 9.45. The van der Waals surface area contributed by atoms with Gasteiger partial charge in [-0.15, -0.1) is 0 Å². The van der Waals surface area contributed by atoms with Crippen molar-refractivity contribution in [3.05, 3.63) is 12.0 Å². The molecule has 0 aromatic carbocycles. The number of oxazole rings is 1. The Kier molecular flexibility index (Phi) is 5.14. The van der Waals surface area contributed by atoms with Crippen molar-refractivity contribution in [2.75, 3.05) is 20.3 Å². The van der Waals surface area contributed by atoms with E-state index >= 15 is 0 Å². The molecule has 0 bridgehead atoms. The Hall–Kier alpha value is -1.07. The van der Waals surface area contributed by atoms with E-state index in [0.29, 0.717) is 25.8 Å². The van der Waals surface area contributed by atoms with Gasteiger partial charge in [0, 0.05) is 6.54 Å². The Labute approximate surface area is 89.8 Å². The van der Waals surface area contributed by atoms with E-state index in [1.54, 1.807) is 6.26 Å². The Morgan fingerprint density at radius 2 is 2.27 bits per heavy atom. The molecule has 5 heteroatoms. The second kappa shape index (κ2) is 6.42. The summed E-state index contributed by atoms with van der Waals surface area (Å²) in [6.07, 6.45) is 2.10. The van der Waals surface area contributed by atoms with Crippen LogP contribution in [0.3, 0.4) is 0 Å². The summed E-state index contributed by atoms with van der Waals surface area (Å²) in [5.74, 6) is 0. The third-order valence-corrected chi connectivity index (χ3v) is 1.65. The molecule has 0 unspecified atom stereocenters. The van der Waals surface area contributed by atoms with E-state index in [1.807, 2.05) is 20.9 Å². The lowest BCUT2D eigenvalue weighted by atomic mass is 10.5. The molecule has 0 saturated carbocycles. The van der Waals surface area contributed by atoms with E-state index in [-0.39, 0.29) is 6.10 Å². The van der Waals surface area contributed by atoms with Crippen molar-refractivity contribution in [3.63, 3.8) is 0 Å². The van der Waals surface area contributed by atoms with Gasteiger partial charge in [0.05, 0.1) is 18.4 Å². The van der Waals surface area contributed by atoms with Crippen LogP contribution in [0.5, 0.6) is 6.08 Å². The minimum atomic E-state index is 0.220. The van der Waals surface area contributed by atoms with Crippen molar-refractivity contribution in [3.8, 4) is 6.08 Å². The Morgan fingerprint density at radius 1 is 1.47 bits per heavy atom. The molecule has 1 heterocycles. The van der Waals surface area contributed by atoms with E-state index in [0.717, 1.165) is 5.69 Å². The maximum atomic E-state index is 5.31. The topological polar surface area (TPSA) is 56.5 Å². The summed E-state index contributed by atoms with van der Waals surface area (Å²) in [5, 5.41) is 2.98. The average molecular weight is 214 g/mol. The normalized spacial score (nSPS) is 10.9. The Balaban J connectivity index is 2.19. The summed E-state index contributed by atoms with van der Waals surface area (Å²) in [7, 11) is 1.85. The molecule has 0 aliphatic carbocycles. The van der Waals surface area contributed by atoms with Crippen LogP contribution in [0.2, 0.25) is 0 Å². The first-order chi connectivity index (χ1) is 7.22. The summed E-state index contributed by atoms with van der Waals surface area (Å²) < 4.78 is 15.7. The van der Waals surface area contributed by atoms with Crippen molar-refractivity contribution >= 4 is 0 Å². The molecule has 86 valence electrons. The summed E-state index contributed by atoms with van der Waals surface area (Å²) in [4.78, 5) is 4.11. The van der Waals surface area contributed by atoms with Gasteiger partial charge in [-0.2, -0.15) is 4.98 Å². The van der Waals surface area contributed by atoms with Gasteiger partial charge in [-0.25, -0.2) is 0 Å². The fourth-order valence-corrected chi connectivity index (χ4v) is 1.03. The highest BCUT2D eigenvalue weighted by molar-refractivity contribution is 4.99. The van der Waals surface area contributed by atoms with Gasteiger partial charge in [0.25, 0.3) is 0 Å². The van der Waals surface area contributed by atoms with Crippen LogP contribution in [0.1, 0.15) is 19.5 Å². The smallest absolute Gasteiger partial charge is 0.393 e. The molecule has 0 spiro atoms. The van der Waals surface area contributed by atoms with Crippen LogP contribution in [0.4, 0.5) is 0 Å². The monoisotopic (exact) mass is 214 g/mol. The molecule has 5 nitrogen and oxygen atoms in total. The first kappa shape index (κ1) is 12.0. The SMILES string of the molecule is CNCc1coc(OCCOC(C)C)n1. The lowest BCUT2D eigenvalue weighted by molar-refractivity contribution is 0.0480. The summed E-state index contributed by atoms with van der Waals surface area (Å²) in [6.45, 7) is 5.64. The number of hydrogen-bond acceptors (Lipinski definition) is 5.